The number of morpholine rings is 1. The zero-order valence-electron chi connectivity index (χ0n) is 19.2. The topological polar surface area (TPSA) is 69.2 Å². The summed E-state index contributed by atoms with van der Waals surface area (Å²) in [5.74, 6) is 2.73. The molecular weight excluding hydrogens is 517 g/mol. The van der Waals surface area contributed by atoms with Crippen LogP contribution in [0, 0.1) is 11.8 Å². The second kappa shape index (κ2) is 12.7. The summed E-state index contributed by atoms with van der Waals surface area (Å²) in [6.07, 6.45) is 6.00. The molecule has 0 spiro atoms. The Kier molecular flexibility index (Phi) is 10.1. The third kappa shape index (κ3) is 7.05. The van der Waals surface area contributed by atoms with Crippen LogP contribution < -0.4 is 10.6 Å². The molecule has 1 aromatic carbocycles. The largest absolute Gasteiger partial charge is 0.379 e. The van der Waals surface area contributed by atoms with Crippen LogP contribution in [0.3, 0.4) is 0 Å². The number of aliphatic imine (C=N–C) groups is 1. The predicted octanol–water partition coefficient (Wildman–Crippen LogP) is 3.16. The summed E-state index contributed by atoms with van der Waals surface area (Å²) in [4.78, 5) is 21.6. The van der Waals surface area contributed by atoms with Gasteiger partial charge in [-0.1, -0.05) is 25.0 Å². The minimum Gasteiger partial charge on any atom is -0.379 e. The number of hydrogen-bond acceptors (Lipinski definition) is 4. The van der Waals surface area contributed by atoms with Gasteiger partial charge in [0.25, 0.3) is 0 Å². The Morgan fingerprint density at radius 3 is 2.56 bits per heavy atom. The number of amides is 1. The monoisotopic (exact) mass is 555 g/mol. The molecule has 2 atom stereocenters. The molecule has 2 heterocycles. The predicted molar refractivity (Wildman–Crippen MR) is 140 cm³/mol. The highest BCUT2D eigenvalue weighted by atomic mass is 127. The molecular formula is C24H38IN5O2. The first-order valence-electron chi connectivity index (χ1n) is 11.9. The molecule has 32 heavy (non-hydrogen) atoms. The van der Waals surface area contributed by atoms with Crippen molar-refractivity contribution in [2.75, 3.05) is 58.3 Å². The highest BCUT2D eigenvalue weighted by Crippen LogP contribution is 2.35. The lowest BCUT2D eigenvalue weighted by Crippen LogP contribution is -2.39. The third-order valence-electron chi connectivity index (χ3n) is 6.91. The molecule has 0 aromatic heterocycles. The summed E-state index contributed by atoms with van der Waals surface area (Å²) >= 11 is 0. The van der Waals surface area contributed by atoms with Crippen LogP contribution in [0.15, 0.2) is 29.3 Å². The molecule has 1 amide bonds. The SMILES string of the molecule is CN=C(NCc1cccc(NC(=O)CCN2CCOCC2)c1)N1CC2CCCCC2C1.I. The van der Waals surface area contributed by atoms with Gasteiger partial charge in [-0.3, -0.25) is 14.7 Å². The number of carbonyl (C=O) groups is 1. The van der Waals surface area contributed by atoms with Crippen molar-refractivity contribution in [1.82, 2.24) is 15.1 Å². The molecule has 1 saturated carbocycles. The van der Waals surface area contributed by atoms with E-state index in [9.17, 15) is 4.79 Å². The second-order valence-corrected chi connectivity index (χ2v) is 9.06. The molecule has 7 nitrogen and oxygen atoms in total. The highest BCUT2D eigenvalue weighted by molar-refractivity contribution is 14.0. The first-order valence-corrected chi connectivity index (χ1v) is 11.9. The van der Waals surface area contributed by atoms with Crippen molar-refractivity contribution < 1.29 is 9.53 Å². The second-order valence-electron chi connectivity index (χ2n) is 9.06. The van der Waals surface area contributed by atoms with Crippen LogP contribution >= 0.6 is 24.0 Å². The number of ether oxygens (including phenoxy) is 1. The van der Waals surface area contributed by atoms with Crippen molar-refractivity contribution in [3.05, 3.63) is 29.8 Å². The minimum atomic E-state index is 0. The number of carbonyl (C=O) groups excluding carboxylic acids is 1. The Morgan fingerprint density at radius 1 is 1.16 bits per heavy atom. The maximum atomic E-state index is 12.4. The van der Waals surface area contributed by atoms with Gasteiger partial charge < -0.3 is 20.3 Å². The number of anilines is 1. The van der Waals surface area contributed by atoms with E-state index < -0.39 is 0 Å². The van der Waals surface area contributed by atoms with Crippen LogP contribution in [0.25, 0.3) is 0 Å². The number of halogens is 1. The van der Waals surface area contributed by atoms with Gasteiger partial charge in [0.2, 0.25) is 5.91 Å². The van der Waals surface area contributed by atoms with Gasteiger partial charge in [0.05, 0.1) is 13.2 Å². The van der Waals surface area contributed by atoms with Gasteiger partial charge in [0.1, 0.15) is 0 Å². The highest BCUT2D eigenvalue weighted by Gasteiger charge is 2.35. The number of nitrogens with one attached hydrogen (secondary N) is 2. The maximum absolute atomic E-state index is 12.4. The summed E-state index contributed by atoms with van der Waals surface area (Å²) in [5, 5.41) is 6.58. The Labute approximate surface area is 209 Å². The van der Waals surface area contributed by atoms with Crippen molar-refractivity contribution in [3.8, 4) is 0 Å². The van der Waals surface area contributed by atoms with E-state index in [0.29, 0.717) is 13.0 Å². The van der Waals surface area contributed by atoms with E-state index in [4.69, 9.17) is 4.74 Å². The molecule has 0 bridgehead atoms. The van der Waals surface area contributed by atoms with E-state index in [0.717, 1.165) is 75.0 Å². The van der Waals surface area contributed by atoms with Crippen molar-refractivity contribution in [1.29, 1.82) is 0 Å². The summed E-state index contributed by atoms with van der Waals surface area (Å²) in [5.41, 5.74) is 2.00. The Morgan fingerprint density at radius 2 is 1.88 bits per heavy atom. The summed E-state index contributed by atoms with van der Waals surface area (Å²) < 4.78 is 5.36. The van der Waals surface area contributed by atoms with Crippen LogP contribution in [0.1, 0.15) is 37.7 Å². The van der Waals surface area contributed by atoms with Crippen LogP contribution in [0.4, 0.5) is 5.69 Å². The smallest absolute Gasteiger partial charge is 0.225 e. The maximum Gasteiger partial charge on any atom is 0.225 e. The van der Waals surface area contributed by atoms with Gasteiger partial charge in [-0.25, -0.2) is 0 Å². The fourth-order valence-electron chi connectivity index (χ4n) is 5.16. The van der Waals surface area contributed by atoms with Crippen molar-refractivity contribution in [2.45, 2.75) is 38.6 Å². The standard InChI is InChI=1S/C24H37N5O2.HI/c1-25-24(29-17-20-6-2-3-7-21(20)18-29)26-16-19-5-4-8-22(15-19)27-23(30)9-10-28-11-13-31-14-12-28;/h4-5,8,15,20-21H,2-3,6-7,9-14,16-18H2,1H3,(H,25,26)(H,27,30);1H. The molecule has 3 aliphatic rings. The molecule has 8 heteroatoms. The molecule has 2 aliphatic heterocycles. The van der Waals surface area contributed by atoms with Crippen LogP contribution in [-0.4, -0.2) is 74.7 Å². The third-order valence-corrected chi connectivity index (χ3v) is 6.91. The Hall–Kier alpha value is -1.39. The lowest BCUT2D eigenvalue weighted by atomic mass is 9.82. The normalized spacial score (nSPS) is 23.9. The summed E-state index contributed by atoms with van der Waals surface area (Å²) in [6, 6.07) is 8.10. The molecule has 4 rings (SSSR count). The first-order chi connectivity index (χ1) is 15.2. The average Bonchev–Trinajstić information content (AvgIpc) is 3.23. The number of nitrogens with zero attached hydrogens (tertiary/aromatic N) is 3. The fourth-order valence-corrected chi connectivity index (χ4v) is 5.16. The van der Waals surface area contributed by atoms with E-state index >= 15 is 0 Å². The zero-order valence-corrected chi connectivity index (χ0v) is 21.6. The van der Waals surface area contributed by atoms with E-state index in [1.54, 1.807) is 0 Å². The Bertz CT molecular complexity index is 755. The van der Waals surface area contributed by atoms with Gasteiger partial charge in [-0.05, 0) is 42.4 Å². The van der Waals surface area contributed by atoms with Crippen LogP contribution in [0.5, 0.6) is 0 Å². The van der Waals surface area contributed by atoms with Crippen molar-refractivity contribution in [3.63, 3.8) is 0 Å². The lowest BCUT2D eigenvalue weighted by molar-refractivity contribution is -0.116. The van der Waals surface area contributed by atoms with E-state index in [1.807, 2.05) is 19.2 Å². The number of hydrogen-bond donors (Lipinski definition) is 2. The number of rotatable bonds is 6. The number of fused-ring (bicyclic) bond motifs is 1. The molecule has 0 radical (unpaired) electrons. The number of likely N-dealkylation sites (tertiary alicyclic amines) is 1. The number of benzene rings is 1. The van der Waals surface area contributed by atoms with Crippen LogP contribution in [-0.2, 0) is 16.1 Å². The zero-order chi connectivity index (χ0) is 21.5. The fraction of sp³-hybridized carbons (Fsp3) is 0.667. The molecule has 3 fully saturated rings. The molecule has 178 valence electrons. The lowest BCUT2D eigenvalue weighted by Gasteiger charge is -2.26. The van der Waals surface area contributed by atoms with E-state index in [2.05, 4.69) is 37.6 Å². The Balaban J connectivity index is 0.00000289. The van der Waals surface area contributed by atoms with Crippen LogP contribution in [0.2, 0.25) is 0 Å². The van der Waals surface area contributed by atoms with E-state index in [-0.39, 0.29) is 29.9 Å². The summed E-state index contributed by atoms with van der Waals surface area (Å²) in [7, 11) is 1.87. The van der Waals surface area contributed by atoms with Gasteiger partial charge in [-0.2, -0.15) is 0 Å². The summed E-state index contributed by atoms with van der Waals surface area (Å²) in [6.45, 7) is 7.09. The minimum absolute atomic E-state index is 0. The first kappa shape index (κ1) is 25.2. The van der Waals surface area contributed by atoms with E-state index in [1.165, 1.54) is 25.7 Å². The van der Waals surface area contributed by atoms with Gasteiger partial charge in [0.15, 0.2) is 5.96 Å². The molecule has 2 saturated heterocycles. The number of guanidine groups is 1. The average molecular weight is 556 g/mol. The quantitative estimate of drug-likeness (QED) is 0.321. The van der Waals surface area contributed by atoms with Crippen molar-refractivity contribution >= 4 is 41.5 Å². The van der Waals surface area contributed by atoms with Gasteiger partial charge >= 0.3 is 0 Å². The molecule has 1 aromatic rings. The van der Waals surface area contributed by atoms with Crippen molar-refractivity contribution in [2.24, 2.45) is 16.8 Å². The van der Waals surface area contributed by atoms with Gasteiger partial charge in [0, 0.05) is 58.4 Å². The molecule has 2 N–H and O–H groups in total. The molecule has 1 aliphatic carbocycles. The van der Waals surface area contributed by atoms with Gasteiger partial charge in [-0.15, -0.1) is 24.0 Å². The molecule has 2 unspecified atom stereocenters.